The first-order valence-corrected chi connectivity index (χ1v) is 5.98. The molecule has 0 aliphatic carbocycles. The van der Waals surface area contributed by atoms with E-state index in [1.54, 1.807) is 24.4 Å². The highest BCUT2D eigenvalue weighted by atomic mass is 16.2. The van der Waals surface area contributed by atoms with Crippen LogP contribution in [0.1, 0.15) is 12.1 Å². The average Bonchev–Trinajstić information content (AvgIpc) is 2.92. The Kier molecular flexibility index (Phi) is 4.81. The molecule has 1 amide bonds. The molecule has 20 heavy (non-hydrogen) atoms. The minimum atomic E-state index is -0.247. The van der Waals surface area contributed by atoms with Crippen LogP contribution in [0, 0.1) is 11.8 Å². The number of anilines is 1. The van der Waals surface area contributed by atoms with Crippen LogP contribution in [0.2, 0.25) is 0 Å². The topological polar surface area (TPSA) is 92.9 Å². The SMILES string of the molecule is O=C(Cn1ccnn1)Nc1cccc(C#CCCO)n1. The summed E-state index contributed by atoms with van der Waals surface area (Å²) in [6.07, 6.45) is 3.50. The number of aliphatic hydroxyl groups is 1. The van der Waals surface area contributed by atoms with E-state index in [4.69, 9.17) is 5.11 Å². The molecule has 0 saturated carbocycles. The van der Waals surface area contributed by atoms with Crippen molar-refractivity contribution in [2.75, 3.05) is 11.9 Å². The Hall–Kier alpha value is -2.72. The lowest BCUT2D eigenvalue weighted by atomic mass is 10.3. The molecule has 2 aromatic heterocycles. The lowest BCUT2D eigenvalue weighted by Crippen LogP contribution is -2.19. The highest BCUT2D eigenvalue weighted by Gasteiger charge is 2.05. The molecule has 0 aliphatic rings. The molecule has 2 heterocycles. The Morgan fingerprint density at radius 3 is 3.10 bits per heavy atom. The molecule has 102 valence electrons. The van der Waals surface area contributed by atoms with Crippen LogP contribution >= 0.6 is 0 Å². The first-order valence-electron chi connectivity index (χ1n) is 5.98. The van der Waals surface area contributed by atoms with Gasteiger partial charge in [-0.15, -0.1) is 5.10 Å². The van der Waals surface area contributed by atoms with E-state index in [0.29, 0.717) is 17.9 Å². The van der Waals surface area contributed by atoms with Crippen molar-refractivity contribution < 1.29 is 9.90 Å². The van der Waals surface area contributed by atoms with Gasteiger partial charge in [-0.05, 0) is 18.1 Å². The summed E-state index contributed by atoms with van der Waals surface area (Å²) >= 11 is 0. The van der Waals surface area contributed by atoms with Crippen molar-refractivity contribution in [2.24, 2.45) is 0 Å². The molecule has 0 spiro atoms. The normalized spacial score (nSPS) is 9.65. The van der Waals surface area contributed by atoms with Crippen LogP contribution in [-0.4, -0.2) is 37.6 Å². The first kappa shape index (κ1) is 13.7. The molecule has 0 atom stereocenters. The third-order valence-corrected chi connectivity index (χ3v) is 2.25. The summed E-state index contributed by atoms with van der Waals surface area (Å²) < 4.78 is 1.42. The minimum Gasteiger partial charge on any atom is -0.395 e. The summed E-state index contributed by atoms with van der Waals surface area (Å²) in [5, 5.41) is 18.6. The zero-order chi connectivity index (χ0) is 14.2. The molecular formula is C13H13N5O2. The molecule has 0 unspecified atom stereocenters. The summed E-state index contributed by atoms with van der Waals surface area (Å²) in [4.78, 5) is 15.9. The van der Waals surface area contributed by atoms with Crippen LogP contribution in [0.3, 0.4) is 0 Å². The standard InChI is InChI=1S/C13H13N5O2/c19-9-2-1-4-11-5-3-6-12(15-11)16-13(20)10-18-8-7-14-17-18/h3,5-8,19H,2,9-10H2,(H,15,16,20). The van der Waals surface area contributed by atoms with Crippen LogP contribution in [0.4, 0.5) is 5.82 Å². The number of carbonyl (C=O) groups is 1. The molecule has 7 nitrogen and oxygen atoms in total. The van der Waals surface area contributed by atoms with Gasteiger partial charge in [0.25, 0.3) is 0 Å². The maximum absolute atomic E-state index is 11.7. The molecule has 2 N–H and O–H groups in total. The number of rotatable bonds is 4. The summed E-state index contributed by atoms with van der Waals surface area (Å²) in [5.41, 5.74) is 0.539. The highest BCUT2D eigenvalue weighted by molar-refractivity contribution is 5.89. The number of carbonyl (C=O) groups excluding carboxylic acids is 1. The molecule has 0 bridgehead atoms. The van der Waals surface area contributed by atoms with Gasteiger partial charge >= 0.3 is 0 Å². The average molecular weight is 271 g/mol. The Bertz CT molecular complexity index is 628. The van der Waals surface area contributed by atoms with Crippen LogP contribution in [-0.2, 0) is 11.3 Å². The smallest absolute Gasteiger partial charge is 0.247 e. The Labute approximate surface area is 115 Å². The third kappa shape index (κ3) is 4.19. The van der Waals surface area contributed by atoms with Gasteiger partial charge < -0.3 is 10.4 Å². The summed E-state index contributed by atoms with van der Waals surface area (Å²) in [6, 6.07) is 5.16. The number of aliphatic hydroxyl groups excluding tert-OH is 1. The maximum atomic E-state index is 11.7. The maximum Gasteiger partial charge on any atom is 0.247 e. The Morgan fingerprint density at radius 2 is 2.35 bits per heavy atom. The first-order chi connectivity index (χ1) is 9.78. The van der Waals surface area contributed by atoms with Gasteiger partial charge in [0.05, 0.1) is 12.8 Å². The van der Waals surface area contributed by atoms with Gasteiger partial charge in [0.1, 0.15) is 18.1 Å². The van der Waals surface area contributed by atoms with Gasteiger partial charge in [-0.25, -0.2) is 9.67 Å². The fraction of sp³-hybridized carbons (Fsp3) is 0.231. The molecule has 2 aromatic rings. The lowest BCUT2D eigenvalue weighted by Gasteiger charge is -2.04. The van der Waals surface area contributed by atoms with Crippen molar-refractivity contribution >= 4 is 11.7 Å². The summed E-state index contributed by atoms with van der Waals surface area (Å²) in [6.45, 7) is 0.0867. The van der Waals surface area contributed by atoms with E-state index in [1.165, 1.54) is 10.9 Å². The Morgan fingerprint density at radius 1 is 1.45 bits per heavy atom. The third-order valence-electron chi connectivity index (χ3n) is 2.25. The molecule has 0 aliphatic heterocycles. The van der Waals surface area contributed by atoms with Crippen LogP contribution < -0.4 is 5.32 Å². The number of pyridine rings is 1. The summed E-state index contributed by atoms with van der Waals surface area (Å²) in [7, 11) is 0. The quantitative estimate of drug-likeness (QED) is 0.766. The van der Waals surface area contributed by atoms with Gasteiger partial charge in [-0.3, -0.25) is 4.79 Å². The zero-order valence-corrected chi connectivity index (χ0v) is 10.7. The molecule has 0 fully saturated rings. The Balaban J connectivity index is 1.97. The summed E-state index contributed by atoms with van der Waals surface area (Å²) in [5.74, 6) is 5.75. The van der Waals surface area contributed by atoms with Crippen molar-refractivity contribution in [1.29, 1.82) is 0 Å². The monoisotopic (exact) mass is 271 g/mol. The van der Waals surface area contributed by atoms with Crippen molar-refractivity contribution in [3.05, 3.63) is 36.3 Å². The van der Waals surface area contributed by atoms with Gasteiger partial charge in [0.15, 0.2) is 0 Å². The molecule has 7 heteroatoms. The van der Waals surface area contributed by atoms with E-state index in [-0.39, 0.29) is 19.1 Å². The zero-order valence-electron chi connectivity index (χ0n) is 10.7. The van der Waals surface area contributed by atoms with Crippen molar-refractivity contribution in [1.82, 2.24) is 20.0 Å². The second-order valence-electron chi connectivity index (χ2n) is 3.83. The van der Waals surface area contributed by atoms with Gasteiger partial charge in [-0.1, -0.05) is 17.2 Å². The van der Waals surface area contributed by atoms with Crippen LogP contribution in [0.15, 0.2) is 30.6 Å². The second kappa shape index (κ2) is 7.01. The van der Waals surface area contributed by atoms with Crippen LogP contribution in [0.25, 0.3) is 0 Å². The van der Waals surface area contributed by atoms with Gasteiger partial charge in [-0.2, -0.15) is 0 Å². The largest absolute Gasteiger partial charge is 0.395 e. The molecule has 0 aromatic carbocycles. The van der Waals surface area contributed by atoms with Crippen molar-refractivity contribution in [3.63, 3.8) is 0 Å². The number of nitrogens with one attached hydrogen (secondary N) is 1. The van der Waals surface area contributed by atoms with Crippen molar-refractivity contribution in [2.45, 2.75) is 13.0 Å². The predicted octanol–water partition coefficient (Wildman–Crippen LogP) is 0.0457. The molecular weight excluding hydrogens is 258 g/mol. The molecule has 2 rings (SSSR count). The van der Waals surface area contributed by atoms with Crippen LogP contribution in [0.5, 0.6) is 0 Å². The second-order valence-corrected chi connectivity index (χ2v) is 3.83. The van der Waals surface area contributed by atoms with E-state index in [0.717, 1.165) is 0 Å². The number of nitrogens with zero attached hydrogens (tertiary/aromatic N) is 4. The van der Waals surface area contributed by atoms with Gasteiger partial charge in [0, 0.05) is 12.6 Å². The number of aromatic nitrogens is 4. The molecule has 0 radical (unpaired) electrons. The van der Waals surface area contributed by atoms with E-state index >= 15 is 0 Å². The molecule has 0 saturated heterocycles. The number of hydrogen-bond acceptors (Lipinski definition) is 5. The minimum absolute atomic E-state index is 0.0152. The van der Waals surface area contributed by atoms with E-state index < -0.39 is 0 Å². The van der Waals surface area contributed by atoms with E-state index in [9.17, 15) is 4.79 Å². The van der Waals surface area contributed by atoms with Crippen molar-refractivity contribution in [3.8, 4) is 11.8 Å². The highest BCUT2D eigenvalue weighted by Crippen LogP contribution is 2.04. The fourth-order valence-corrected chi connectivity index (χ4v) is 1.43. The number of hydrogen-bond donors (Lipinski definition) is 2. The van der Waals surface area contributed by atoms with E-state index in [2.05, 4.69) is 32.5 Å². The van der Waals surface area contributed by atoms with Gasteiger partial charge in [0.2, 0.25) is 5.91 Å². The fourth-order valence-electron chi connectivity index (χ4n) is 1.43. The number of amides is 1. The van der Waals surface area contributed by atoms with E-state index in [1.807, 2.05) is 0 Å². The predicted molar refractivity (Wildman–Crippen MR) is 71.5 cm³/mol. The lowest BCUT2D eigenvalue weighted by molar-refractivity contribution is -0.116.